The first-order valence-electron chi connectivity index (χ1n) is 18.8. The first kappa shape index (κ1) is 33.1. The number of furan rings is 1. The van der Waals surface area contributed by atoms with Crippen LogP contribution in [0.5, 0.6) is 0 Å². The molecule has 0 aliphatic carbocycles. The molecule has 0 bridgehead atoms. The lowest BCUT2D eigenvalue weighted by Crippen LogP contribution is -2.55. The molecule has 0 unspecified atom stereocenters. The van der Waals surface area contributed by atoms with Gasteiger partial charge in [-0.1, -0.05) is 102 Å². The molecular weight excluding hydrogens is 667 g/mol. The average Bonchev–Trinajstić information content (AvgIpc) is 3.78. The topological polar surface area (TPSA) is 56.7 Å². The molecule has 0 saturated heterocycles. The number of nitrogens with zero attached hydrogens (tertiary/aromatic N) is 4. The molecule has 10 heteroatoms. The molecule has 254 valence electrons. The monoisotopic (exact) mass is 700 g/mol. The number of para-hydroxylation sites is 2. The summed E-state index contributed by atoms with van der Waals surface area (Å²) in [6.07, 6.45) is 0. The first-order valence-corrected chi connectivity index (χ1v) is 18.8. The van der Waals surface area contributed by atoms with Crippen molar-refractivity contribution >= 4 is 110 Å². The van der Waals surface area contributed by atoms with Crippen LogP contribution in [0.25, 0.3) is 94.7 Å². The lowest BCUT2D eigenvalue weighted by atomic mass is 9.60. The zero-order chi connectivity index (χ0) is 37.4. The van der Waals surface area contributed by atoms with Gasteiger partial charge in [0.25, 0.3) is 0 Å². The number of fused-ring (bicyclic) bond motifs is 6. The van der Waals surface area contributed by atoms with Gasteiger partial charge < -0.3 is 8.98 Å². The molecule has 3 aromatic heterocycles. The largest absolute Gasteiger partial charge is 0.456 e. The van der Waals surface area contributed by atoms with Gasteiger partial charge in [-0.3, -0.25) is 0 Å². The molecule has 0 radical (unpaired) electrons. The molecule has 0 spiro atoms. The molecule has 0 atom stereocenters. The van der Waals surface area contributed by atoms with E-state index in [1.165, 1.54) is 49.1 Å². The molecule has 55 heavy (non-hydrogen) atoms. The molecule has 3 heterocycles. The minimum atomic E-state index is 0.618. The van der Waals surface area contributed by atoms with E-state index in [1.54, 1.807) is 0 Å². The van der Waals surface area contributed by atoms with Gasteiger partial charge >= 0.3 is 0 Å². The van der Waals surface area contributed by atoms with Gasteiger partial charge in [0.1, 0.15) is 50.4 Å². The summed E-state index contributed by atoms with van der Waals surface area (Å²) in [5, 5.41) is 4.45. The predicted molar refractivity (Wildman–Crippen MR) is 244 cm³/mol. The highest BCUT2D eigenvalue weighted by Crippen LogP contribution is 2.40. The van der Waals surface area contributed by atoms with E-state index in [0.29, 0.717) is 17.5 Å². The summed E-state index contributed by atoms with van der Waals surface area (Å²) in [5.41, 5.74) is 16.5. The second-order valence-corrected chi connectivity index (χ2v) is 14.6. The summed E-state index contributed by atoms with van der Waals surface area (Å²) in [4.78, 5) is 15.6. The third-order valence-corrected chi connectivity index (χ3v) is 11.6. The molecule has 0 saturated carbocycles. The Hall–Kier alpha value is -6.53. The van der Waals surface area contributed by atoms with Crippen LogP contribution in [0.3, 0.4) is 0 Å². The molecular formula is C45H33B5N4O. The molecule has 10 rings (SSSR count). The van der Waals surface area contributed by atoms with Crippen LogP contribution in [0.1, 0.15) is 0 Å². The van der Waals surface area contributed by atoms with Crippen molar-refractivity contribution in [3.05, 3.63) is 140 Å². The van der Waals surface area contributed by atoms with Gasteiger partial charge in [-0.05, 0) is 59.7 Å². The highest BCUT2D eigenvalue weighted by Gasteiger charge is 2.21. The number of benzene rings is 7. The summed E-state index contributed by atoms with van der Waals surface area (Å²) in [5.74, 6) is 1.94. The van der Waals surface area contributed by atoms with Crippen molar-refractivity contribution in [1.82, 2.24) is 19.5 Å². The molecule has 7 aromatic carbocycles. The minimum Gasteiger partial charge on any atom is -0.456 e. The number of hydrogen-bond donors (Lipinski definition) is 0. The number of hydrogen-bond acceptors (Lipinski definition) is 4. The molecule has 10 aromatic rings. The standard InChI is InChI=1S/C45H33B5N4O/c46-38-37(39(47)41(49)42(50)40(38)48)45-52-43(24-10-3-1-4-11-24)51-44(53-45)29-15-9-17-35-36(29)31-23-26(19-21-34(31)55-35)25-18-20-33-30(22-25)28-14-7-8-16-32(28)54(33)27-12-5-2-6-13-27/h1-23H,46-50H2. The number of aromatic nitrogens is 4. The van der Waals surface area contributed by atoms with Crippen molar-refractivity contribution in [1.29, 1.82) is 0 Å². The Labute approximate surface area is 323 Å². The lowest BCUT2D eigenvalue weighted by molar-refractivity contribution is 0.669. The fraction of sp³-hybridized carbons (Fsp3) is 0. The van der Waals surface area contributed by atoms with E-state index in [1.807, 2.05) is 30.3 Å². The van der Waals surface area contributed by atoms with Crippen LogP contribution in [0.15, 0.2) is 144 Å². The van der Waals surface area contributed by atoms with Gasteiger partial charge in [0.2, 0.25) is 0 Å². The lowest BCUT2D eigenvalue weighted by Gasteiger charge is -2.20. The maximum atomic E-state index is 6.52. The van der Waals surface area contributed by atoms with Crippen LogP contribution < -0.4 is 27.3 Å². The zero-order valence-corrected chi connectivity index (χ0v) is 31.5. The Morgan fingerprint density at radius 1 is 0.418 bits per heavy atom. The van der Waals surface area contributed by atoms with Gasteiger partial charge in [-0.2, -0.15) is 0 Å². The summed E-state index contributed by atoms with van der Waals surface area (Å²) < 4.78 is 8.87. The van der Waals surface area contributed by atoms with Crippen LogP contribution in [0, 0.1) is 0 Å². The average molecular weight is 700 g/mol. The summed E-state index contributed by atoms with van der Waals surface area (Å²) in [6, 6.07) is 48.9. The van der Waals surface area contributed by atoms with E-state index in [0.717, 1.165) is 55.4 Å². The van der Waals surface area contributed by atoms with E-state index in [2.05, 4.69) is 153 Å². The Balaban J connectivity index is 1.18. The van der Waals surface area contributed by atoms with Gasteiger partial charge in [-0.25, -0.2) is 15.0 Å². The number of rotatable bonds is 5. The maximum absolute atomic E-state index is 6.52. The Morgan fingerprint density at radius 2 is 1.02 bits per heavy atom. The molecule has 0 aliphatic heterocycles. The Morgan fingerprint density at radius 3 is 1.78 bits per heavy atom. The quantitative estimate of drug-likeness (QED) is 0.260. The SMILES string of the molecule is Bc1c(B)c(B)c(-c2nc(-c3ccccc3)nc(-c3cccc4oc5ccc(-c6ccc7c(c6)c6ccccc6n7-c6ccccc6)cc5c34)n2)c(B)c1B. The van der Waals surface area contributed by atoms with E-state index in [9.17, 15) is 0 Å². The molecule has 5 nitrogen and oxygen atoms in total. The first-order chi connectivity index (χ1) is 26.9. The highest BCUT2D eigenvalue weighted by atomic mass is 16.3. The van der Waals surface area contributed by atoms with Crippen LogP contribution >= 0.6 is 0 Å². The van der Waals surface area contributed by atoms with E-state index in [4.69, 9.17) is 19.4 Å². The van der Waals surface area contributed by atoms with E-state index < -0.39 is 0 Å². The Bertz CT molecular complexity index is 3130. The molecule has 0 amide bonds. The maximum Gasteiger partial charge on any atom is 0.164 e. The normalized spacial score (nSPS) is 11.6. The van der Waals surface area contributed by atoms with Gasteiger partial charge in [-0.15, -0.1) is 16.4 Å². The van der Waals surface area contributed by atoms with Gasteiger partial charge in [0.15, 0.2) is 17.5 Å². The summed E-state index contributed by atoms with van der Waals surface area (Å²) >= 11 is 0. The van der Waals surface area contributed by atoms with Crippen LogP contribution in [-0.4, -0.2) is 58.8 Å². The van der Waals surface area contributed by atoms with Crippen molar-refractivity contribution in [2.75, 3.05) is 0 Å². The predicted octanol–water partition coefficient (Wildman–Crippen LogP) is 2.83. The van der Waals surface area contributed by atoms with Crippen molar-refractivity contribution in [3.63, 3.8) is 0 Å². The van der Waals surface area contributed by atoms with E-state index >= 15 is 0 Å². The van der Waals surface area contributed by atoms with Crippen molar-refractivity contribution in [2.45, 2.75) is 0 Å². The van der Waals surface area contributed by atoms with Gasteiger partial charge in [0.05, 0.1) is 11.0 Å². The second-order valence-electron chi connectivity index (χ2n) is 14.6. The third kappa shape index (κ3) is 5.27. The van der Waals surface area contributed by atoms with Crippen LogP contribution in [0.2, 0.25) is 0 Å². The Kier molecular flexibility index (Phi) is 7.70. The zero-order valence-electron chi connectivity index (χ0n) is 31.5. The summed E-state index contributed by atoms with van der Waals surface area (Å²) in [6.45, 7) is 0. The molecule has 0 fully saturated rings. The second kappa shape index (κ2) is 12.8. The fourth-order valence-corrected chi connectivity index (χ4v) is 8.36. The van der Waals surface area contributed by atoms with Crippen molar-refractivity contribution in [2.24, 2.45) is 0 Å². The van der Waals surface area contributed by atoms with Crippen molar-refractivity contribution in [3.8, 4) is 51.0 Å². The smallest absolute Gasteiger partial charge is 0.164 e. The fourth-order valence-electron chi connectivity index (χ4n) is 8.36. The third-order valence-electron chi connectivity index (χ3n) is 11.6. The minimum absolute atomic E-state index is 0.618. The molecule has 0 N–H and O–H groups in total. The molecule has 0 aliphatic rings. The van der Waals surface area contributed by atoms with E-state index in [-0.39, 0.29) is 0 Å². The van der Waals surface area contributed by atoms with Gasteiger partial charge in [0, 0.05) is 43.9 Å². The van der Waals surface area contributed by atoms with Crippen molar-refractivity contribution < 1.29 is 4.42 Å². The van der Waals surface area contributed by atoms with Crippen LogP contribution in [-0.2, 0) is 0 Å². The highest BCUT2D eigenvalue weighted by molar-refractivity contribution is 6.68. The van der Waals surface area contributed by atoms with Crippen LogP contribution in [0.4, 0.5) is 0 Å². The summed E-state index contributed by atoms with van der Waals surface area (Å²) in [7, 11) is 10.9.